The van der Waals surface area contributed by atoms with Crippen molar-refractivity contribution in [2.24, 2.45) is 10.8 Å². The number of hydrogen-bond acceptors (Lipinski definition) is 5. The lowest BCUT2D eigenvalue weighted by Crippen LogP contribution is -2.54. The van der Waals surface area contributed by atoms with Crippen molar-refractivity contribution in [3.05, 3.63) is 58.4 Å². The van der Waals surface area contributed by atoms with Crippen LogP contribution < -0.4 is 10.2 Å². The fourth-order valence-electron chi connectivity index (χ4n) is 6.28. The second-order valence-electron chi connectivity index (χ2n) is 13.4. The highest BCUT2D eigenvalue weighted by atomic mass is 35.5. The van der Waals surface area contributed by atoms with Gasteiger partial charge in [0.2, 0.25) is 5.60 Å². The van der Waals surface area contributed by atoms with E-state index in [2.05, 4.69) is 27.7 Å². The summed E-state index contributed by atoms with van der Waals surface area (Å²) in [6, 6.07) is 10.2. The topological polar surface area (TPSA) is 65.1 Å². The number of nitrogens with zero attached hydrogens (tertiary/aromatic N) is 1. The van der Waals surface area contributed by atoms with Gasteiger partial charge in [-0.15, -0.1) is 0 Å². The molecule has 6 nitrogen and oxygen atoms in total. The number of rotatable bonds is 5. The summed E-state index contributed by atoms with van der Waals surface area (Å²) >= 11 is 6.77. The molecule has 2 heterocycles. The van der Waals surface area contributed by atoms with Gasteiger partial charge >= 0.3 is 6.09 Å². The summed E-state index contributed by atoms with van der Waals surface area (Å²) in [6.07, 6.45) is 0.769. The lowest BCUT2D eigenvalue weighted by Gasteiger charge is -2.36. The molecule has 216 valence electrons. The smallest absolute Gasteiger partial charge is 0.416 e. The van der Waals surface area contributed by atoms with Crippen molar-refractivity contribution in [1.29, 1.82) is 0 Å². The first-order chi connectivity index (χ1) is 18.5. The molecule has 2 amide bonds. The molecule has 0 N–H and O–H groups in total. The van der Waals surface area contributed by atoms with Crippen molar-refractivity contribution in [2.75, 3.05) is 20.8 Å². The monoisotopic (exact) mass is 571 g/mol. The van der Waals surface area contributed by atoms with E-state index in [4.69, 9.17) is 25.8 Å². The molecule has 0 aromatic heterocycles. The predicted molar refractivity (Wildman–Crippen MR) is 156 cm³/mol. The highest BCUT2D eigenvalue weighted by Crippen LogP contribution is 2.56. The Hall–Kier alpha value is -2.58. The molecular formula is C31H40BClFNO5. The van der Waals surface area contributed by atoms with Gasteiger partial charge in [-0.2, -0.15) is 0 Å². The highest BCUT2D eigenvalue weighted by molar-refractivity contribution is 6.77. The van der Waals surface area contributed by atoms with Crippen molar-refractivity contribution in [1.82, 2.24) is 4.90 Å². The van der Waals surface area contributed by atoms with Crippen LogP contribution in [0.3, 0.4) is 0 Å². The van der Waals surface area contributed by atoms with Gasteiger partial charge < -0.3 is 14.2 Å². The zero-order valence-electron chi connectivity index (χ0n) is 25.0. The van der Waals surface area contributed by atoms with Gasteiger partial charge in [0.05, 0.1) is 17.5 Å². The molecule has 1 fully saturated rings. The van der Waals surface area contributed by atoms with E-state index in [0.717, 1.165) is 17.5 Å². The summed E-state index contributed by atoms with van der Waals surface area (Å²) in [5.41, 5.74) is -0.768. The molecule has 2 atom stereocenters. The number of likely N-dealkylation sites (N-methyl/N-ethyl adjacent to an activating group) is 1. The number of carbonyl (C=O) groups excluding carboxylic acids is 2. The molecule has 2 aliphatic rings. The van der Waals surface area contributed by atoms with E-state index in [0.29, 0.717) is 16.6 Å². The standard InChI is InChI=1S/C31H40BClFNO5/c1-28(2,3)40-27(37)35(8)26(36)31(19-13-11-10-12-14-19)20(16-38-9)23-22(39-31)15-21(34)25(33)24(23)32-17-29(4,5)30(6,7)18-32/h10-15,20H,16-18H2,1-9H3/t20-,31+/m0/s1. The van der Waals surface area contributed by atoms with Gasteiger partial charge in [0.1, 0.15) is 17.2 Å². The molecular weight excluding hydrogens is 532 g/mol. The molecule has 0 aliphatic carbocycles. The van der Waals surface area contributed by atoms with E-state index in [1.54, 1.807) is 52.1 Å². The number of fused-ring (bicyclic) bond motifs is 1. The first-order valence-corrected chi connectivity index (χ1v) is 14.1. The molecule has 0 saturated carbocycles. The Morgan fingerprint density at radius 3 is 2.23 bits per heavy atom. The number of methoxy groups -OCH3 is 1. The van der Waals surface area contributed by atoms with Gasteiger partial charge in [-0.1, -0.05) is 87.7 Å². The maximum absolute atomic E-state index is 15.5. The lowest BCUT2D eigenvalue weighted by atomic mass is 9.40. The van der Waals surface area contributed by atoms with Crippen LogP contribution in [0, 0.1) is 16.6 Å². The van der Waals surface area contributed by atoms with Crippen molar-refractivity contribution < 1.29 is 28.2 Å². The van der Waals surface area contributed by atoms with Crippen LogP contribution >= 0.6 is 11.6 Å². The molecule has 2 aromatic carbocycles. The van der Waals surface area contributed by atoms with E-state index < -0.39 is 34.9 Å². The summed E-state index contributed by atoms with van der Waals surface area (Å²) in [6.45, 7) is 14.1. The highest BCUT2D eigenvalue weighted by Gasteiger charge is 2.60. The zero-order valence-corrected chi connectivity index (χ0v) is 25.7. The van der Waals surface area contributed by atoms with Gasteiger partial charge in [0.25, 0.3) is 5.91 Å². The average molecular weight is 572 g/mol. The Morgan fingerprint density at radius 1 is 1.12 bits per heavy atom. The summed E-state index contributed by atoms with van der Waals surface area (Å²) in [4.78, 5) is 28.5. The number of ether oxygens (including phenoxy) is 3. The number of benzene rings is 2. The number of imide groups is 1. The molecule has 2 aliphatic heterocycles. The third kappa shape index (κ3) is 5.02. The first kappa shape index (κ1) is 30.4. The Bertz CT molecular complexity index is 1290. The number of halogens is 2. The predicted octanol–water partition coefficient (Wildman–Crippen LogP) is 6.66. The van der Waals surface area contributed by atoms with Gasteiger partial charge in [-0.25, -0.2) is 14.1 Å². The lowest BCUT2D eigenvalue weighted by molar-refractivity contribution is -0.148. The first-order valence-electron chi connectivity index (χ1n) is 13.7. The molecule has 9 heteroatoms. The van der Waals surface area contributed by atoms with Gasteiger partial charge in [0, 0.05) is 31.4 Å². The average Bonchev–Trinajstić information content (AvgIpc) is 3.28. The number of amides is 2. The van der Waals surface area contributed by atoms with Crippen LogP contribution in [-0.4, -0.2) is 50.0 Å². The minimum Gasteiger partial charge on any atom is -0.471 e. The molecule has 2 aromatic rings. The molecule has 0 bridgehead atoms. The Balaban J connectivity index is 1.95. The van der Waals surface area contributed by atoms with Crippen LogP contribution in [-0.2, 0) is 19.9 Å². The molecule has 1 saturated heterocycles. The fourth-order valence-corrected chi connectivity index (χ4v) is 6.59. The molecule has 40 heavy (non-hydrogen) atoms. The largest absolute Gasteiger partial charge is 0.471 e. The second kappa shape index (κ2) is 10.4. The third-order valence-corrected chi connectivity index (χ3v) is 9.33. The van der Waals surface area contributed by atoms with E-state index in [9.17, 15) is 9.59 Å². The Kier molecular flexibility index (Phi) is 7.87. The Labute approximate surface area is 242 Å². The maximum atomic E-state index is 15.5. The van der Waals surface area contributed by atoms with Crippen LogP contribution in [0.2, 0.25) is 17.7 Å². The fraction of sp³-hybridized carbons (Fsp3) is 0.548. The molecule has 0 unspecified atom stereocenters. The van der Waals surface area contributed by atoms with E-state index in [1.165, 1.54) is 13.1 Å². The zero-order chi connectivity index (χ0) is 29.8. The van der Waals surface area contributed by atoms with Crippen LogP contribution in [0.15, 0.2) is 36.4 Å². The molecule has 4 rings (SSSR count). The maximum Gasteiger partial charge on any atom is 0.416 e. The van der Waals surface area contributed by atoms with Gasteiger partial charge in [0.15, 0.2) is 6.71 Å². The minimum atomic E-state index is -1.72. The second-order valence-corrected chi connectivity index (χ2v) is 13.8. The minimum absolute atomic E-state index is 0.0281. The number of carbonyl (C=O) groups is 2. The SMILES string of the molecule is COC[C@H]1c2c(cc(F)c(Cl)c2B2CC(C)(C)C(C)(C)C2)O[C@]1(C(=O)N(C)C(=O)OC(C)(C)C)c1ccccc1. The van der Waals surface area contributed by atoms with Crippen molar-refractivity contribution >= 4 is 35.8 Å². The van der Waals surface area contributed by atoms with Crippen molar-refractivity contribution in [3.63, 3.8) is 0 Å². The summed E-state index contributed by atoms with van der Waals surface area (Å²) < 4.78 is 33.3. The van der Waals surface area contributed by atoms with Crippen molar-refractivity contribution in [3.8, 4) is 5.75 Å². The van der Waals surface area contributed by atoms with E-state index >= 15 is 4.39 Å². The molecule has 0 radical (unpaired) electrons. The van der Waals surface area contributed by atoms with Gasteiger partial charge in [-0.3, -0.25) is 4.79 Å². The summed E-state index contributed by atoms with van der Waals surface area (Å²) in [5, 5.41) is 0.0405. The van der Waals surface area contributed by atoms with Crippen LogP contribution in [0.5, 0.6) is 5.75 Å². The summed E-state index contributed by atoms with van der Waals surface area (Å²) in [5.74, 6) is -1.73. The van der Waals surface area contributed by atoms with Crippen LogP contribution in [0.4, 0.5) is 9.18 Å². The van der Waals surface area contributed by atoms with E-state index in [-0.39, 0.29) is 34.9 Å². The Morgan fingerprint density at radius 2 is 1.70 bits per heavy atom. The normalized spacial score (nSPS) is 23.0. The summed E-state index contributed by atoms with van der Waals surface area (Å²) in [7, 11) is 2.91. The van der Waals surface area contributed by atoms with E-state index in [1.807, 2.05) is 6.07 Å². The van der Waals surface area contributed by atoms with Crippen molar-refractivity contribution in [2.45, 2.75) is 78.2 Å². The number of hydrogen-bond donors (Lipinski definition) is 0. The van der Waals surface area contributed by atoms with Gasteiger partial charge in [-0.05, 0) is 31.6 Å². The van der Waals surface area contributed by atoms with Crippen LogP contribution in [0.1, 0.15) is 65.5 Å². The quantitative estimate of drug-likeness (QED) is 0.376. The van der Waals surface area contributed by atoms with Crippen LogP contribution in [0.25, 0.3) is 0 Å². The third-order valence-electron chi connectivity index (χ3n) is 8.95. The molecule has 0 spiro atoms.